The summed E-state index contributed by atoms with van der Waals surface area (Å²) < 4.78 is 0. The van der Waals surface area contributed by atoms with Gasteiger partial charge in [-0.2, -0.15) is 0 Å². The lowest BCUT2D eigenvalue weighted by atomic mass is 10.1. The number of unbranched alkanes of at least 4 members (excludes halogenated alkanes) is 1. The normalized spacial score (nSPS) is 14.3. The molecule has 0 aromatic carbocycles. The predicted octanol–water partition coefficient (Wildman–Crippen LogP) is 2.50. The molecule has 0 aromatic rings. The van der Waals surface area contributed by atoms with Crippen molar-refractivity contribution in [2.24, 2.45) is 0 Å². The molecule has 10 heavy (non-hydrogen) atoms. The summed E-state index contributed by atoms with van der Waals surface area (Å²) in [4.78, 5) is 0. The van der Waals surface area contributed by atoms with Crippen molar-refractivity contribution >= 4 is 0 Å². The molecular weight excluding hydrogens is 124 g/mol. The first-order chi connectivity index (χ1) is 4.77. The lowest BCUT2D eigenvalue weighted by Gasteiger charge is -1.99. The van der Waals surface area contributed by atoms with E-state index in [9.17, 15) is 0 Å². The Hall–Kier alpha value is -0.300. The molecule has 0 fully saturated rings. The highest BCUT2D eigenvalue weighted by atomic mass is 16.3. The third-order valence-electron chi connectivity index (χ3n) is 1.40. The fraction of sp³-hybridized carbons (Fsp3) is 0.778. The molecule has 1 atom stereocenters. The van der Waals surface area contributed by atoms with Crippen LogP contribution in [0.2, 0.25) is 0 Å². The third kappa shape index (κ3) is 7.70. The van der Waals surface area contributed by atoms with Crippen LogP contribution >= 0.6 is 0 Å². The minimum Gasteiger partial charge on any atom is -0.393 e. The van der Waals surface area contributed by atoms with Crippen LogP contribution in [0.25, 0.3) is 0 Å². The molecule has 1 N–H and O–H groups in total. The standard InChI is InChI=1S/C9H18O/c1-3-4-5-6-7-8-9(2)10/h4-5,9-10H,3,6-8H2,1-2H3/b5-4-. The molecule has 0 aromatic heterocycles. The van der Waals surface area contributed by atoms with Crippen LogP contribution in [-0.2, 0) is 0 Å². The highest BCUT2D eigenvalue weighted by Crippen LogP contribution is 2.00. The number of hydrogen-bond donors (Lipinski definition) is 1. The van der Waals surface area contributed by atoms with Crippen molar-refractivity contribution in [2.75, 3.05) is 0 Å². The van der Waals surface area contributed by atoms with E-state index in [4.69, 9.17) is 5.11 Å². The maximum absolute atomic E-state index is 8.88. The molecule has 1 heteroatoms. The monoisotopic (exact) mass is 142 g/mol. The molecule has 0 radical (unpaired) electrons. The van der Waals surface area contributed by atoms with E-state index in [2.05, 4.69) is 19.1 Å². The fourth-order valence-corrected chi connectivity index (χ4v) is 0.816. The minimum absolute atomic E-state index is 0.130. The van der Waals surface area contributed by atoms with Crippen molar-refractivity contribution in [1.82, 2.24) is 0 Å². The summed E-state index contributed by atoms with van der Waals surface area (Å²) in [6, 6.07) is 0. The van der Waals surface area contributed by atoms with E-state index in [0.717, 1.165) is 25.7 Å². The van der Waals surface area contributed by atoms with Gasteiger partial charge >= 0.3 is 0 Å². The topological polar surface area (TPSA) is 20.2 Å². The van der Waals surface area contributed by atoms with E-state index in [1.165, 1.54) is 0 Å². The van der Waals surface area contributed by atoms with Gasteiger partial charge in [-0.15, -0.1) is 0 Å². The van der Waals surface area contributed by atoms with Crippen molar-refractivity contribution in [3.8, 4) is 0 Å². The predicted molar refractivity (Wildman–Crippen MR) is 45.0 cm³/mol. The minimum atomic E-state index is -0.130. The molecule has 0 heterocycles. The van der Waals surface area contributed by atoms with Crippen LogP contribution in [0.4, 0.5) is 0 Å². The molecule has 0 amide bonds. The van der Waals surface area contributed by atoms with Crippen molar-refractivity contribution in [3.05, 3.63) is 12.2 Å². The van der Waals surface area contributed by atoms with E-state index in [1.54, 1.807) is 0 Å². The number of rotatable bonds is 5. The van der Waals surface area contributed by atoms with Crippen molar-refractivity contribution in [3.63, 3.8) is 0 Å². The molecule has 0 rings (SSSR count). The van der Waals surface area contributed by atoms with Gasteiger partial charge in [-0.25, -0.2) is 0 Å². The Labute approximate surface area is 63.8 Å². The zero-order chi connectivity index (χ0) is 7.82. The molecule has 60 valence electrons. The van der Waals surface area contributed by atoms with E-state index in [-0.39, 0.29) is 6.10 Å². The summed E-state index contributed by atoms with van der Waals surface area (Å²) in [6.07, 6.45) is 8.48. The first-order valence-electron chi connectivity index (χ1n) is 4.10. The summed E-state index contributed by atoms with van der Waals surface area (Å²) >= 11 is 0. The zero-order valence-electron chi connectivity index (χ0n) is 7.01. The van der Waals surface area contributed by atoms with Gasteiger partial charge < -0.3 is 5.11 Å². The van der Waals surface area contributed by atoms with Gasteiger partial charge in [0, 0.05) is 0 Å². The summed E-state index contributed by atoms with van der Waals surface area (Å²) in [5.41, 5.74) is 0. The molecular formula is C9H18O. The number of aliphatic hydroxyl groups is 1. The first kappa shape index (κ1) is 9.70. The van der Waals surface area contributed by atoms with Crippen LogP contribution in [0.3, 0.4) is 0 Å². The molecule has 0 spiro atoms. The van der Waals surface area contributed by atoms with E-state index >= 15 is 0 Å². The van der Waals surface area contributed by atoms with Gasteiger partial charge in [-0.1, -0.05) is 19.1 Å². The lowest BCUT2D eigenvalue weighted by molar-refractivity contribution is 0.182. The third-order valence-corrected chi connectivity index (χ3v) is 1.40. The molecule has 0 aliphatic heterocycles. The lowest BCUT2D eigenvalue weighted by Crippen LogP contribution is -1.97. The smallest absolute Gasteiger partial charge is 0.0512 e. The second-order valence-corrected chi connectivity index (χ2v) is 2.66. The van der Waals surface area contributed by atoms with Gasteiger partial charge in [0.05, 0.1) is 6.10 Å². The fourth-order valence-electron chi connectivity index (χ4n) is 0.816. The number of allylic oxidation sites excluding steroid dienone is 2. The summed E-state index contributed by atoms with van der Waals surface area (Å²) in [6.45, 7) is 3.97. The second-order valence-electron chi connectivity index (χ2n) is 2.66. The largest absolute Gasteiger partial charge is 0.393 e. The van der Waals surface area contributed by atoms with E-state index in [1.807, 2.05) is 6.92 Å². The zero-order valence-corrected chi connectivity index (χ0v) is 7.01. The summed E-state index contributed by atoms with van der Waals surface area (Å²) in [5, 5.41) is 8.88. The molecule has 1 nitrogen and oxygen atoms in total. The summed E-state index contributed by atoms with van der Waals surface area (Å²) in [5.74, 6) is 0. The first-order valence-corrected chi connectivity index (χ1v) is 4.10. The molecule has 0 saturated carbocycles. The van der Waals surface area contributed by atoms with Gasteiger partial charge in [-0.05, 0) is 32.6 Å². The van der Waals surface area contributed by atoms with Gasteiger partial charge in [0.15, 0.2) is 0 Å². The number of aliphatic hydroxyl groups excluding tert-OH is 1. The van der Waals surface area contributed by atoms with Crippen LogP contribution < -0.4 is 0 Å². The van der Waals surface area contributed by atoms with E-state index in [0.29, 0.717) is 0 Å². The average Bonchev–Trinajstić information content (AvgIpc) is 1.87. The Morgan fingerprint density at radius 2 is 2.10 bits per heavy atom. The molecule has 1 unspecified atom stereocenters. The van der Waals surface area contributed by atoms with Crippen molar-refractivity contribution < 1.29 is 5.11 Å². The van der Waals surface area contributed by atoms with Crippen LogP contribution in [0.15, 0.2) is 12.2 Å². The van der Waals surface area contributed by atoms with E-state index < -0.39 is 0 Å². The Balaban J connectivity index is 2.97. The summed E-state index contributed by atoms with van der Waals surface area (Å²) in [7, 11) is 0. The van der Waals surface area contributed by atoms with Crippen molar-refractivity contribution in [1.29, 1.82) is 0 Å². The molecule has 0 saturated heterocycles. The van der Waals surface area contributed by atoms with Gasteiger partial charge in [0.2, 0.25) is 0 Å². The Morgan fingerprint density at radius 1 is 1.40 bits per heavy atom. The highest BCUT2D eigenvalue weighted by Gasteiger charge is 1.91. The van der Waals surface area contributed by atoms with Crippen LogP contribution in [-0.4, -0.2) is 11.2 Å². The molecule has 0 bridgehead atoms. The Bertz CT molecular complexity index is 84.7. The Morgan fingerprint density at radius 3 is 2.60 bits per heavy atom. The van der Waals surface area contributed by atoms with Crippen molar-refractivity contribution in [2.45, 2.75) is 45.6 Å². The maximum atomic E-state index is 8.88. The molecule has 0 aliphatic rings. The maximum Gasteiger partial charge on any atom is 0.0512 e. The quantitative estimate of drug-likeness (QED) is 0.462. The Kier molecular flexibility index (Phi) is 6.61. The van der Waals surface area contributed by atoms with Crippen LogP contribution in [0, 0.1) is 0 Å². The average molecular weight is 142 g/mol. The highest BCUT2D eigenvalue weighted by molar-refractivity contribution is 4.79. The van der Waals surface area contributed by atoms with Gasteiger partial charge in [0.25, 0.3) is 0 Å². The van der Waals surface area contributed by atoms with Crippen LogP contribution in [0.1, 0.15) is 39.5 Å². The van der Waals surface area contributed by atoms with Crippen LogP contribution in [0.5, 0.6) is 0 Å². The van der Waals surface area contributed by atoms with Gasteiger partial charge in [0.1, 0.15) is 0 Å². The second kappa shape index (κ2) is 6.81. The molecule has 0 aliphatic carbocycles. The van der Waals surface area contributed by atoms with Gasteiger partial charge in [-0.3, -0.25) is 0 Å². The SMILES string of the molecule is CC/C=C\CCCC(C)O. The number of hydrogen-bond acceptors (Lipinski definition) is 1.